The van der Waals surface area contributed by atoms with Crippen molar-refractivity contribution < 1.29 is 13.2 Å². The Hall–Kier alpha value is -1.09. The lowest BCUT2D eigenvalue weighted by Crippen LogP contribution is -2.35. The molecule has 130 valence electrons. The van der Waals surface area contributed by atoms with Gasteiger partial charge in [0.2, 0.25) is 10.0 Å². The van der Waals surface area contributed by atoms with E-state index >= 15 is 0 Å². The molecule has 1 fully saturated rings. The van der Waals surface area contributed by atoms with Gasteiger partial charge in [-0.1, -0.05) is 29.8 Å². The third-order valence-corrected chi connectivity index (χ3v) is 7.06. The minimum atomic E-state index is -3.60. The molecule has 0 spiro atoms. The number of sulfonamides is 1. The van der Waals surface area contributed by atoms with Crippen LogP contribution in [0.2, 0.25) is 5.02 Å². The number of amides is 1. The standard InChI is InChI=1S/C15H18ClN3O3S2/c16-13-5-4-11(24(21,22)19-7-2-1-3-8-19)10-12(13)14(20)18-15-17-6-9-23-15/h4-5,10H,1-3,6-9H2,(H,17,18,20). The SMILES string of the molecule is O=C(NC1=NCCS1)c1cc(S(=O)(=O)N2CCCCC2)ccc1Cl. The van der Waals surface area contributed by atoms with Crippen LogP contribution in [0.25, 0.3) is 0 Å². The van der Waals surface area contributed by atoms with Gasteiger partial charge in [0, 0.05) is 18.8 Å². The number of nitrogens with zero attached hydrogens (tertiary/aromatic N) is 2. The van der Waals surface area contributed by atoms with Crippen molar-refractivity contribution in [2.75, 3.05) is 25.4 Å². The first-order valence-electron chi connectivity index (χ1n) is 7.77. The molecule has 1 aromatic carbocycles. The van der Waals surface area contributed by atoms with Gasteiger partial charge in [-0.25, -0.2) is 8.42 Å². The van der Waals surface area contributed by atoms with Crippen molar-refractivity contribution in [1.29, 1.82) is 0 Å². The summed E-state index contributed by atoms with van der Waals surface area (Å²) in [7, 11) is -3.60. The molecule has 1 aromatic rings. The van der Waals surface area contributed by atoms with Crippen molar-refractivity contribution in [1.82, 2.24) is 9.62 Å². The first-order chi connectivity index (χ1) is 11.5. The molecule has 0 aromatic heterocycles. The second-order valence-corrected chi connectivity index (χ2v) is 9.02. The first-order valence-corrected chi connectivity index (χ1v) is 10.6. The second kappa shape index (κ2) is 7.43. The molecule has 0 unspecified atom stereocenters. The van der Waals surface area contributed by atoms with Gasteiger partial charge in [-0.15, -0.1) is 0 Å². The van der Waals surface area contributed by atoms with Gasteiger partial charge >= 0.3 is 0 Å². The Kier molecular flexibility index (Phi) is 5.49. The summed E-state index contributed by atoms with van der Waals surface area (Å²) in [5.41, 5.74) is 0.143. The highest BCUT2D eigenvalue weighted by Gasteiger charge is 2.27. The molecule has 0 bridgehead atoms. The maximum Gasteiger partial charge on any atom is 0.258 e. The number of thioether (sulfide) groups is 1. The lowest BCUT2D eigenvalue weighted by atomic mass is 10.2. The summed E-state index contributed by atoms with van der Waals surface area (Å²) >= 11 is 7.55. The summed E-state index contributed by atoms with van der Waals surface area (Å²) in [5, 5.41) is 3.43. The van der Waals surface area contributed by atoms with E-state index in [9.17, 15) is 13.2 Å². The molecule has 2 aliphatic rings. The van der Waals surface area contributed by atoms with Crippen molar-refractivity contribution in [3.8, 4) is 0 Å². The number of hydrogen-bond donors (Lipinski definition) is 1. The van der Waals surface area contributed by atoms with Crippen LogP contribution in [0.15, 0.2) is 28.1 Å². The topological polar surface area (TPSA) is 78.8 Å². The predicted molar refractivity (Wildman–Crippen MR) is 96.3 cm³/mol. The molecule has 1 amide bonds. The molecule has 9 heteroatoms. The fourth-order valence-corrected chi connectivity index (χ4v) is 5.14. The molecule has 24 heavy (non-hydrogen) atoms. The Morgan fingerprint density at radius 2 is 2.00 bits per heavy atom. The van der Waals surface area contributed by atoms with E-state index in [4.69, 9.17) is 11.6 Å². The summed E-state index contributed by atoms with van der Waals surface area (Å²) in [5.74, 6) is 0.385. The van der Waals surface area contributed by atoms with Crippen LogP contribution in [0.3, 0.4) is 0 Å². The van der Waals surface area contributed by atoms with Crippen LogP contribution in [0, 0.1) is 0 Å². The van der Waals surface area contributed by atoms with Gasteiger partial charge in [0.25, 0.3) is 5.91 Å². The molecule has 2 heterocycles. The lowest BCUT2D eigenvalue weighted by molar-refractivity contribution is 0.0978. The Bertz CT molecular complexity index is 774. The zero-order valence-electron chi connectivity index (χ0n) is 13.0. The van der Waals surface area contributed by atoms with Crippen molar-refractivity contribution in [3.05, 3.63) is 28.8 Å². The highest BCUT2D eigenvalue weighted by molar-refractivity contribution is 8.14. The van der Waals surface area contributed by atoms with E-state index in [1.54, 1.807) is 0 Å². The molecule has 2 aliphatic heterocycles. The number of amidine groups is 1. The molecular weight excluding hydrogens is 370 g/mol. The zero-order valence-corrected chi connectivity index (χ0v) is 15.4. The van der Waals surface area contributed by atoms with Crippen LogP contribution in [-0.4, -0.2) is 49.2 Å². The monoisotopic (exact) mass is 387 g/mol. The Labute approximate surface area is 150 Å². The Balaban J connectivity index is 1.86. The fraction of sp³-hybridized carbons (Fsp3) is 0.467. The van der Waals surface area contributed by atoms with Crippen molar-refractivity contribution in [3.63, 3.8) is 0 Å². The third-order valence-electron chi connectivity index (χ3n) is 3.94. The Morgan fingerprint density at radius 1 is 1.25 bits per heavy atom. The average Bonchev–Trinajstić information content (AvgIpc) is 3.08. The van der Waals surface area contributed by atoms with Gasteiger partial charge in [-0.2, -0.15) is 4.31 Å². The summed E-state index contributed by atoms with van der Waals surface area (Å²) in [4.78, 5) is 16.6. The second-order valence-electron chi connectivity index (χ2n) is 5.60. The number of aliphatic imine (C=N–C) groups is 1. The molecule has 3 rings (SSSR count). The number of piperidine rings is 1. The summed E-state index contributed by atoms with van der Waals surface area (Å²) < 4.78 is 27.0. The number of benzene rings is 1. The van der Waals surface area contributed by atoms with Gasteiger partial charge in [0.1, 0.15) is 0 Å². The Morgan fingerprint density at radius 3 is 2.67 bits per heavy atom. The molecule has 1 saturated heterocycles. The van der Waals surface area contributed by atoms with Crippen LogP contribution in [0.4, 0.5) is 0 Å². The third kappa shape index (κ3) is 3.77. The highest BCUT2D eigenvalue weighted by Crippen LogP contribution is 2.25. The molecule has 6 nitrogen and oxygen atoms in total. The largest absolute Gasteiger partial charge is 0.301 e. The molecule has 0 saturated carbocycles. The van der Waals surface area contributed by atoms with Gasteiger partial charge < -0.3 is 5.32 Å². The van der Waals surface area contributed by atoms with Gasteiger partial charge in [-0.05, 0) is 31.0 Å². The predicted octanol–water partition coefficient (Wildman–Crippen LogP) is 2.35. The summed E-state index contributed by atoms with van der Waals surface area (Å²) in [6.07, 6.45) is 2.76. The van der Waals surface area contributed by atoms with Crippen LogP contribution >= 0.6 is 23.4 Å². The van der Waals surface area contributed by atoms with E-state index in [0.29, 0.717) is 24.8 Å². The number of carbonyl (C=O) groups is 1. The van der Waals surface area contributed by atoms with E-state index in [1.165, 1.54) is 34.3 Å². The summed E-state index contributed by atoms with van der Waals surface area (Å²) in [6.45, 7) is 1.69. The molecule has 0 aliphatic carbocycles. The van der Waals surface area contributed by atoms with E-state index in [0.717, 1.165) is 25.0 Å². The number of halogens is 1. The van der Waals surface area contributed by atoms with Crippen LogP contribution in [-0.2, 0) is 10.0 Å². The molecule has 0 atom stereocenters. The minimum absolute atomic E-state index is 0.0972. The smallest absolute Gasteiger partial charge is 0.258 e. The van der Waals surface area contributed by atoms with Crippen molar-refractivity contribution >= 4 is 44.5 Å². The molecule has 0 radical (unpaired) electrons. The van der Waals surface area contributed by atoms with Crippen molar-refractivity contribution in [2.45, 2.75) is 24.2 Å². The normalized spacial score (nSPS) is 19.1. The van der Waals surface area contributed by atoms with E-state index < -0.39 is 15.9 Å². The molecule has 1 N–H and O–H groups in total. The first kappa shape index (κ1) is 17.7. The zero-order chi connectivity index (χ0) is 17.2. The number of nitrogens with one attached hydrogen (secondary N) is 1. The van der Waals surface area contributed by atoms with Gasteiger partial charge in [-0.3, -0.25) is 9.79 Å². The van der Waals surface area contributed by atoms with Crippen LogP contribution < -0.4 is 5.32 Å². The summed E-state index contributed by atoms with van der Waals surface area (Å²) in [6, 6.07) is 4.25. The fourth-order valence-electron chi connectivity index (χ4n) is 2.67. The van der Waals surface area contributed by atoms with Gasteiger partial charge in [0.05, 0.1) is 22.0 Å². The van der Waals surface area contributed by atoms with Crippen LogP contribution in [0.1, 0.15) is 29.6 Å². The van der Waals surface area contributed by atoms with Gasteiger partial charge in [0.15, 0.2) is 5.17 Å². The average molecular weight is 388 g/mol. The van der Waals surface area contributed by atoms with E-state index in [2.05, 4.69) is 10.3 Å². The maximum absolute atomic E-state index is 12.7. The minimum Gasteiger partial charge on any atom is -0.301 e. The number of carbonyl (C=O) groups excluding carboxylic acids is 1. The van der Waals surface area contributed by atoms with E-state index in [1.807, 2.05) is 0 Å². The lowest BCUT2D eigenvalue weighted by Gasteiger charge is -2.26. The number of rotatable bonds is 3. The van der Waals surface area contributed by atoms with Crippen molar-refractivity contribution in [2.24, 2.45) is 4.99 Å². The van der Waals surface area contributed by atoms with Crippen LogP contribution in [0.5, 0.6) is 0 Å². The quantitative estimate of drug-likeness (QED) is 0.863. The highest BCUT2D eigenvalue weighted by atomic mass is 35.5. The molecular formula is C15H18ClN3O3S2. The maximum atomic E-state index is 12.7. The van der Waals surface area contributed by atoms with E-state index in [-0.39, 0.29) is 15.5 Å². The number of hydrogen-bond acceptors (Lipinski definition) is 5.